The molecule has 4 N–H and O–H groups in total. The van der Waals surface area contributed by atoms with Crippen LogP contribution in [0.5, 0.6) is 11.5 Å². The molecule has 188 valence electrons. The van der Waals surface area contributed by atoms with Gasteiger partial charge in [-0.25, -0.2) is 0 Å². The van der Waals surface area contributed by atoms with E-state index in [4.69, 9.17) is 20.9 Å². The van der Waals surface area contributed by atoms with Gasteiger partial charge < -0.3 is 20.9 Å². The average Bonchev–Trinajstić information content (AvgIpc) is 2.84. The van der Waals surface area contributed by atoms with Crippen molar-refractivity contribution in [3.05, 3.63) is 59.7 Å². The van der Waals surface area contributed by atoms with Gasteiger partial charge in [-0.05, 0) is 61.4 Å². The molecule has 0 radical (unpaired) electrons. The predicted octanol–water partition coefficient (Wildman–Crippen LogP) is 5.31. The molecule has 0 fully saturated rings. The summed E-state index contributed by atoms with van der Waals surface area (Å²) >= 11 is 1.80. The van der Waals surface area contributed by atoms with Crippen LogP contribution in [0, 0.1) is 0 Å². The van der Waals surface area contributed by atoms with Crippen LogP contribution in [0.4, 0.5) is 0 Å². The van der Waals surface area contributed by atoms with E-state index in [1.54, 1.807) is 11.8 Å². The average molecular weight is 507 g/mol. The smallest absolute Gasteiger partial charge is 0.125 e. The molecule has 0 aromatic heterocycles. The SMILES string of the molecule is CCCCN=C(N)c1ccc(OCCSCCOc2ccc(C(N)=NCCCC)cc2)cc1.Cl. The molecule has 8 heteroatoms. The maximum Gasteiger partial charge on any atom is 0.125 e. The van der Waals surface area contributed by atoms with Crippen LogP contribution >= 0.6 is 24.2 Å². The van der Waals surface area contributed by atoms with E-state index in [1.165, 1.54) is 0 Å². The van der Waals surface area contributed by atoms with Gasteiger partial charge in [-0.3, -0.25) is 9.98 Å². The number of hydrogen-bond donors (Lipinski definition) is 2. The van der Waals surface area contributed by atoms with Crippen LogP contribution < -0.4 is 20.9 Å². The molecular formula is C26H39ClN4O2S. The van der Waals surface area contributed by atoms with Crippen LogP contribution in [0.2, 0.25) is 0 Å². The Morgan fingerprint density at radius 1 is 0.706 bits per heavy atom. The Balaban J connectivity index is 0.00000578. The van der Waals surface area contributed by atoms with Crippen molar-refractivity contribution in [1.82, 2.24) is 0 Å². The van der Waals surface area contributed by atoms with Crippen LogP contribution in [-0.2, 0) is 0 Å². The van der Waals surface area contributed by atoms with Gasteiger partial charge >= 0.3 is 0 Å². The summed E-state index contributed by atoms with van der Waals surface area (Å²) in [5.74, 6) is 4.65. The zero-order valence-corrected chi connectivity index (χ0v) is 22.0. The molecule has 0 aliphatic carbocycles. The Bertz CT molecular complexity index is 787. The first kappa shape index (κ1) is 29.7. The first-order valence-electron chi connectivity index (χ1n) is 11.8. The maximum absolute atomic E-state index is 6.02. The highest BCUT2D eigenvalue weighted by Crippen LogP contribution is 2.15. The van der Waals surface area contributed by atoms with Gasteiger partial charge in [-0.2, -0.15) is 11.8 Å². The van der Waals surface area contributed by atoms with Gasteiger partial charge in [0.1, 0.15) is 23.2 Å². The summed E-state index contributed by atoms with van der Waals surface area (Å²) < 4.78 is 11.6. The molecule has 0 unspecified atom stereocenters. The minimum atomic E-state index is 0. The molecule has 0 saturated carbocycles. The summed E-state index contributed by atoms with van der Waals surface area (Å²) in [6, 6.07) is 15.6. The van der Waals surface area contributed by atoms with Gasteiger partial charge in [-0.15, -0.1) is 12.4 Å². The fourth-order valence-corrected chi connectivity index (χ4v) is 3.49. The van der Waals surface area contributed by atoms with Crippen molar-refractivity contribution < 1.29 is 9.47 Å². The number of unbranched alkanes of at least 4 members (excludes halogenated alkanes) is 2. The largest absolute Gasteiger partial charge is 0.493 e. The van der Waals surface area contributed by atoms with E-state index in [0.717, 1.165) is 72.9 Å². The molecule has 2 aromatic rings. The van der Waals surface area contributed by atoms with Gasteiger partial charge in [0.2, 0.25) is 0 Å². The van der Waals surface area contributed by atoms with Crippen molar-refractivity contribution in [2.75, 3.05) is 37.8 Å². The number of rotatable bonds is 16. The van der Waals surface area contributed by atoms with Crippen LogP contribution in [0.1, 0.15) is 50.7 Å². The van der Waals surface area contributed by atoms with E-state index in [1.807, 2.05) is 48.5 Å². The number of aliphatic imine (C=N–C) groups is 2. The summed E-state index contributed by atoms with van der Waals surface area (Å²) in [4.78, 5) is 8.79. The number of hydrogen-bond acceptors (Lipinski definition) is 5. The molecular weight excluding hydrogens is 468 g/mol. The lowest BCUT2D eigenvalue weighted by atomic mass is 10.2. The van der Waals surface area contributed by atoms with Gasteiger partial charge in [0.25, 0.3) is 0 Å². The van der Waals surface area contributed by atoms with Gasteiger partial charge in [0.05, 0.1) is 13.2 Å². The van der Waals surface area contributed by atoms with Crippen molar-refractivity contribution >= 4 is 35.8 Å². The first-order chi connectivity index (χ1) is 16.1. The number of nitrogens with two attached hydrogens (primary N) is 2. The Hall–Kier alpha value is -2.38. The van der Waals surface area contributed by atoms with E-state index in [2.05, 4.69) is 23.8 Å². The third-order valence-corrected chi connectivity index (χ3v) is 5.79. The monoisotopic (exact) mass is 506 g/mol. The van der Waals surface area contributed by atoms with Crippen molar-refractivity contribution in [3.63, 3.8) is 0 Å². The van der Waals surface area contributed by atoms with Crippen molar-refractivity contribution in [3.8, 4) is 11.5 Å². The molecule has 2 rings (SSSR count). The molecule has 0 saturated heterocycles. The van der Waals surface area contributed by atoms with Crippen LogP contribution in [0.25, 0.3) is 0 Å². The number of ether oxygens (including phenoxy) is 2. The quantitative estimate of drug-likeness (QED) is 0.183. The number of thioether (sulfide) groups is 1. The highest BCUT2D eigenvalue weighted by Gasteiger charge is 2.01. The number of benzene rings is 2. The highest BCUT2D eigenvalue weighted by molar-refractivity contribution is 7.99. The van der Waals surface area contributed by atoms with Crippen LogP contribution in [0.15, 0.2) is 58.5 Å². The Morgan fingerprint density at radius 3 is 1.44 bits per heavy atom. The molecule has 0 atom stereocenters. The number of halogens is 1. The van der Waals surface area contributed by atoms with Crippen molar-refractivity contribution in [2.45, 2.75) is 39.5 Å². The van der Waals surface area contributed by atoms with E-state index < -0.39 is 0 Å². The van der Waals surface area contributed by atoms with E-state index in [0.29, 0.717) is 24.9 Å². The van der Waals surface area contributed by atoms with Crippen LogP contribution in [-0.4, -0.2) is 49.5 Å². The number of nitrogens with zero attached hydrogens (tertiary/aromatic N) is 2. The third-order valence-electron chi connectivity index (χ3n) is 4.88. The summed E-state index contributed by atoms with van der Waals surface area (Å²) in [6.45, 7) is 7.13. The second-order valence-electron chi connectivity index (χ2n) is 7.60. The fourth-order valence-electron chi connectivity index (χ4n) is 2.88. The molecule has 0 aliphatic heterocycles. The zero-order valence-electron chi connectivity index (χ0n) is 20.4. The predicted molar refractivity (Wildman–Crippen MR) is 149 cm³/mol. The molecule has 0 amide bonds. The van der Waals surface area contributed by atoms with Crippen molar-refractivity contribution in [1.29, 1.82) is 0 Å². The molecule has 34 heavy (non-hydrogen) atoms. The summed E-state index contributed by atoms with van der Waals surface area (Å²) in [5, 5.41) is 0. The molecule has 0 bridgehead atoms. The lowest BCUT2D eigenvalue weighted by Crippen LogP contribution is -2.14. The van der Waals surface area contributed by atoms with E-state index >= 15 is 0 Å². The Labute approximate surface area is 215 Å². The lowest BCUT2D eigenvalue weighted by Gasteiger charge is -2.09. The highest BCUT2D eigenvalue weighted by atomic mass is 35.5. The summed E-state index contributed by atoms with van der Waals surface area (Å²) in [5.41, 5.74) is 13.9. The summed E-state index contributed by atoms with van der Waals surface area (Å²) in [7, 11) is 0. The topological polar surface area (TPSA) is 95.2 Å². The Kier molecular flexibility index (Phi) is 15.7. The third kappa shape index (κ3) is 11.7. The number of amidine groups is 2. The fraction of sp³-hybridized carbons (Fsp3) is 0.462. The van der Waals surface area contributed by atoms with E-state index in [9.17, 15) is 0 Å². The molecule has 6 nitrogen and oxygen atoms in total. The summed E-state index contributed by atoms with van der Waals surface area (Å²) in [6.07, 6.45) is 4.34. The minimum Gasteiger partial charge on any atom is -0.493 e. The lowest BCUT2D eigenvalue weighted by molar-refractivity contribution is 0.339. The van der Waals surface area contributed by atoms with Crippen molar-refractivity contribution in [2.24, 2.45) is 21.5 Å². The zero-order chi connectivity index (χ0) is 23.7. The van der Waals surface area contributed by atoms with Gasteiger partial charge in [0, 0.05) is 35.7 Å². The standard InChI is InChI=1S/C26H38N4O2S.ClH/c1-3-5-15-29-25(27)21-7-11-23(12-8-21)31-17-19-33-20-18-32-24-13-9-22(10-14-24)26(28)30-16-6-4-2;/h7-14H,3-6,15-20H2,1-2H3,(H2,27,29)(H2,28,30);1H. The minimum absolute atomic E-state index is 0. The Morgan fingerprint density at radius 2 is 1.09 bits per heavy atom. The molecule has 0 spiro atoms. The second-order valence-corrected chi connectivity index (χ2v) is 8.82. The molecule has 0 aliphatic rings. The van der Waals surface area contributed by atoms with Gasteiger partial charge in [0.15, 0.2) is 0 Å². The van der Waals surface area contributed by atoms with Gasteiger partial charge in [-0.1, -0.05) is 26.7 Å². The molecule has 2 aromatic carbocycles. The molecule has 0 heterocycles. The normalized spacial score (nSPS) is 11.7. The first-order valence-corrected chi connectivity index (χ1v) is 12.9. The van der Waals surface area contributed by atoms with E-state index in [-0.39, 0.29) is 12.4 Å². The van der Waals surface area contributed by atoms with Crippen LogP contribution in [0.3, 0.4) is 0 Å². The maximum atomic E-state index is 6.02. The second kappa shape index (κ2) is 18.0.